The van der Waals surface area contributed by atoms with Crippen LogP contribution in [0.5, 0.6) is 11.5 Å². The zero-order valence-corrected chi connectivity index (χ0v) is 9.54. The largest absolute Gasteiger partial charge is 0.454 e. The van der Waals surface area contributed by atoms with Crippen LogP contribution in [0.3, 0.4) is 0 Å². The Kier molecular flexibility index (Phi) is 3.39. The summed E-state index contributed by atoms with van der Waals surface area (Å²) in [5.41, 5.74) is -0.456. The van der Waals surface area contributed by atoms with Crippen LogP contribution < -0.4 is 4.74 Å². The van der Waals surface area contributed by atoms with Gasteiger partial charge in [0.2, 0.25) is 0 Å². The summed E-state index contributed by atoms with van der Waals surface area (Å²) in [7, 11) is 0. The van der Waals surface area contributed by atoms with Gasteiger partial charge >= 0.3 is 0 Å². The molecule has 5 nitrogen and oxygen atoms in total. The summed E-state index contributed by atoms with van der Waals surface area (Å²) in [5.74, 6) is -0.410. The van der Waals surface area contributed by atoms with E-state index >= 15 is 0 Å². The molecule has 2 aromatic rings. The van der Waals surface area contributed by atoms with Crippen molar-refractivity contribution in [1.29, 1.82) is 5.26 Å². The maximum atomic E-state index is 13.4. The minimum atomic E-state index is -0.661. The Morgan fingerprint density at radius 1 is 1.26 bits per heavy atom. The van der Waals surface area contributed by atoms with Gasteiger partial charge in [0.1, 0.15) is 17.4 Å². The van der Waals surface area contributed by atoms with Crippen LogP contribution in [0.4, 0.5) is 10.1 Å². The van der Waals surface area contributed by atoms with Crippen LogP contribution in [0.2, 0.25) is 0 Å². The molecule has 19 heavy (non-hydrogen) atoms. The van der Waals surface area contributed by atoms with E-state index in [2.05, 4.69) is 0 Å². The standard InChI is InChI=1S/C13H7FN2O3/c14-11-3-1-2-4-13(11)19-10-5-6-12(16(17)18)9(7-10)8-15/h1-7H. The minimum Gasteiger partial charge on any atom is -0.454 e. The van der Waals surface area contributed by atoms with Crippen molar-refractivity contribution in [1.82, 2.24) is 0 Å². The lowest BCUT2D eigenvalue weighted by Crippen LogP contribution is -1.94. The molecule has 0 unspecified atom stereocenters. The lowest BCUT2D eigenvalue weighted by Gasteiger charge is -2.06. The van der Waals surface area contributed by atoms with Gasteiger partial charge < -0.3 is 4.74 Å². The SMILES string of the molecule is N#Cc1cc(Oc2ccccc2F)ccc1[N+](=O)[O-]. The molecule has 0 aliphatic carbocycles. The highest BCUT2D eigenvalue weighted by Gasteiger charge is 2.15. The summed E-state index contributed by atoms with van der Waals surface area (Å²) < 4.78 is 18.6. The summed E-state index contributed by atoms with van der Waals surface area (Å²) in [5, 5.41) is 19.5. The molecule has 0 saturated heterocycles. The van der Waals surface area contributed by atoms with Crippen LogP contribution >= 0.6 is 0 Å². The fourth-order valence-corrected chi connectivity index (χ4v) is 1.48. The number of benzene rings is 2. The van der Waals surface area contributed by atoms with Crippen LogP contribution in [-0.4, -0.2) is 4.92 Å². The van der Waals surface area contributed by atoms with Gasteiger partial charge in [-0.25, -0.2) is 4.39 Å². The minimum absolute atomic E-state index is 0.0137. The van der Waals surface area contributed by atoms with Crippen LogP contribution in [0.25, 0.3) is 0 Å². The molecule has 0 aliphatic rings. The smallest absolute Gasteiger partial charge is 0.287 e. The number of hydrogen-bond donors (Lipinski definition) is 0. The second kappa shape index (κ2) is 5.14. The Labute approximate surface area is 107 Å². The second-order valence-electron chi connectivity index (χ2n) is 3.58. The molecule has 0 bridgehead atoms. The molecular formula is C13H7FN2O3. The number of para-hydroxylation sites is 1. The summed E-state index contributed by atoms with van der Waals surface area (Å²) >= 11 is 0. The predicted octanol–water partition coefficient (Wildman–Crippen LogP) is 3.40. The molecule has 0 spiro atoms. The second-order valence-corrected chi connectivity index (χ2v) is 3.58. The van der Waals surface area contributed by atoms with Crippen molar-refractivity contribution < 1.29 is 14.1 Å². The van der Waals surface area contributed by atoms with Crippen molar-refractivity contribution in [3.8, 4) is 17.6 Å². The van der Waals surface area contributed by atoms with Crippen molar-refractivity contribution in [2.24, 2.45) is 0 Å². The summed E-state index contributed by atoms with van der Waals surface area (Å²) in [4.78, 5) is 10.00. The Balaban J connectivity index is 2.36. The molecule has 0 fully saturated rings. The summed E-state index contributed by atoms with van der Waals surface area (Å²) in [6.07, 6.45) is 0. The fourth-order valence-electron chi connectivity index (χ4n) is 1.48. The van der Waals surface area contributed by atoms with Crippen molar-refractivity contribution >= 4 is 5.69 Å². The molecule has 0 atom stereocenters. The van der Waals surface area contributed by atoms with Crippen molar-refractivity contribution in [2.75, 3.05) is 0 Å². The van der Waals surface area contributed by atoms with E-state index in [9.17, 15) is 14.5 Å². The highest BCUT2D eigenvalue weighted by atomic mass is 19.1. The third-order valence-electron chi connectivity index (χ3n) is 2.35. The molecule has 0 amide bonds. The van der Waals surface area contributed by atoms with Crippen molar-refractivity contribution in [2.45, 2.75) is 0 Å². The first-order valence-corrected chi connectivity index (χ1v) is 5.22. The van der Waals surface area contributed by atoms with Gasteiger partial charge in [0.25, 0.3) is 5.69 Å². The van der Waals surface area contributed by atoms with Gasteiger partial charge in [-0.1, -0.05) is 12.1 Å². The highest BCUT2D eigenvalue weighted by Crippen LogP contribution is 2.28. The number of nitrogens with zero attached hydrogens (tertiary/aromatic N) is 2. The van der Waals surface area contributed by atoms with Gasteiger partial charge in [-0.3, -0.25) is 10.1 Å². The number of hydrogen-bond acceptors (Lipinski definition) is 4. The van der Waals surface area contributed by atoms with Gasteiger partial charge in [-0.15, -0.1) is 0 Å². The summed E-state index contributed by atoms with van der Waals surface area (Å²) in [6.45, 7) is 0. The molecule has 94 valence electrons. The molecular weight excluding hydrogens is 251 g/mol. The quantitative estimate of drug-likeness (QED) is 0.624. The number of rotatable bonds is 3. The maximum Gasteiger partial charge on any atom is 0.287 e. The zero-order chi connectivity index (χ0) is 13.8. The molecule has 0 radical (unpaired) electrons. The van der Waals surface area contributed by atoms with Crippen molar-refractivity contribution in [3.05, 3.63) is 64.0 Å². The van der Waals surface area contributed by atoms with E-state index < -0.39 is 10.7 Å². The average molecular weight is 258 g/mol. The van der Waals surface area contributed by atoms with Gasteiger partial charge in [0.15, 0.2) is 11.6 Å². The van der Waals surface area contributed by atoms with Gasteiger partial charge in [-0.2, -0.15) is 5.26 Å². The summed E-state index contributed by atoms with van der Waals surface area (Å²) in [6, 6.07) is 11.1. The van der Waals surface area contributed by atoms with Gasteiger partial charge in [-0.05, 0) is 18.2 Å². The van der Waals surface area contributed by atoms with Crippen LogP contribution in [0.1, 0.15) is 5.56 Å². The van der Waals surface area contributed by atoms with E-state index in [-0.39, 0.29) is 22.7 Å². The predicted molar refractivity (Wildman–Crippen MR) is 64.3 cm³/mol. The van der Waals surface area contributed by atoms with E-state index in [0.717, 1.165) is 6.07 Å². The Morgan fingerprint density at radius 3 is 2.63 bits per heavy atom. The molecule has 0 N–H and O–H groups in total. The molecule has 2 aromatic carbocycles. The first-order valence-electron chi connectivity index (χ1n) is 5.22. The zero-order valence-electron chi connectivity index (χ0n) is 9.54. The van der Waals surface area contributed by atoms with E-state index in [1.165, 1.54) is 30.3 Å². The van der Waals surface area contributed by atoms with E-state index in [0.29, 0.717) is 0 Å². The van der Waals surface area contributed by atoms with E-state index in [1.54, 1.807) is 12.1 Å². The molecule has 2 rings (SSSR count). The Morgan fingerprint density at radius 2 is 2.00 bits per heavy atom. The number of halogens is 1. The lowest BCUT2D eigenvalue weighted by molar-refractivity contribution is -0.385. The number of nitro groups is 1. The molecule has 0 aliphatic heterocycles. The van der Waals surface area contributed by atoms with Crippen molar-refractivity contribution in [3.63, 3.8) is 0 Å². The Bertz CT molecular complexity index is 680. The highest BCUT2D eigenvalue weighted by molar-refractivity contribution is 5.52. The number of nitriles is 1. The van der Waals surface area contributed by atoms with E-state index in [1.807, 2.05) is 0 Å². The van der Waals surface area contributed by atoms with Crippen LogP contribution in [0.15, 0.2) is 42.5 Å². The molecule has 0 saturated carbocycles. The van der Waals surface area contributed by atoms with E-state index in [4.69, 9.17) is 10.00 Å². The van der Waals surface area contributed by atoms with Gasteiger partial charge in [0, 0.05) is 12.1 Å². The lowest BCUT2D eigenvalue weighted by atomic mass is 10.2. The molecule has 6 heteroatoms. The topological polar surface area (TPSA) is 76.2 Å². The third-order valence-corrected chi connectivity index (χ3v) is 2.35. The normalized spacial score (nSPS) is 9.68. The monoisotopic (exact) mass is 258 g/mol. The first kappa shape index (κ1) is 12.5. The molecule has 0 aromatic heterocycles. The Hall–Kier alpha value is -2.94. The average Bonchev–Trinajstić information content (AvgIpc) is 2.41. The maximum absolute atomic E-state index is 13.4. The first-order chi connectivity index (χ1) is 9.11. The fraction of sp³-hybridized carbons (Fsp3) is 0. The van der Waals surface area contributed by atoms with Crippen LogP contribution in [0, 0.1) is 27.3 Å². The number of nitro benzene ring substituents is 1. The van der Waals surface area contributed by atoms with Gasteiger partial charge in [0.05, 0.1) is 4.92 Å². The molecule has 0 heterocycles. The van der Waals surface area contributed by atoms with Crippen LogP contribution in [-0.2, 0) is 0 Å². The number of ether oxygens (including phenoxy) is 1. The third kappa shape index (κ3) is 2.66.